The number of ether oxygens (including phenoxy) is 1. The van der Waals surface area contributed by atoms with Crippen molar-refractivity contribution in [2.24, 2.45) is 0 Å². The van der Waals surface area contributed by atoms with E-state index < -0.39 is 11.9 Å². The van der Waals surface area contributed by atoms with Crippen LogP contribution in [0.1, 0.15) is 5.56 Å². The van der Waals surface area contributed by atoms with E-state index in [-0.39, 0.29) is 5.69 Å². The van der Waals surface area contributed by atoms with Gasteiger partial charge in [0, 0.05) is 4.47 Å². The van der Waals surface area contributed by atoms with Gasteiger partial charge in [0.15, 0.2) is 0 Å². The van der Waals surface area contributed by atoms with E-state index >= 15 is 0 Å². The lowest BCUT2D eigenvalue weighted by Crippen LogP contribution is -2.12. The van der Waals surface area contributed by atoms with E-state index in [1.54, 1.807) is 6.92 Å². The topological polar surface area (TPSA) is 38.3 Å². The number of carbonyl (C=O) groups excluding carboxylic acids is 1. The maximum Gasteiger partial charge on any atom is 0.411 e. The van der Waals surface area contributed by atoms with Crippen molar-refractivity contribution in [2.75, 3.05) is 12.4 Å². The van der Waals surface area contributed by atoms with Crippen LogP contribution in [0.3, 0.4) is 0 Å². The second-order valence-corrected chi connectivity index (χ2v) is 3.55. The summed E-state index contributed by atoms with van der Waals surface area (Å²) in [6, 6.07) is 2.82. The first-order valence-electron chi connectivity index (χ1n) is 3.85. The predicted octanol–water partition coefficient (Wildman–Crippen LogP) is 3.07. The van der Waals surface area contributed by atoms with E-state index in [9.17, 15) is 9.18 Å². The van der Waals surface area contributed by atoms with Crippen molar-refractivity contribution in [2.45, 2.75) is 6.92 Å². The number of carbonyl (C=O) groups is 1. The minimum atomic E-state index is -0.689. The molecular weight excluding hydrogens is 253 g/mol. The van der Waals surface area contributed by atoms with Gasteiger partial charge >= 0.3 is 6.09 Å². The van der Waals surface area contributed by atoms with Crippen LogP contribution in [0.4, 0.5) is 14.9 Å². The largest absolute Gasteiger partial charge is 0.453 e. The SMILES string of the molecule is COC(=O)Nc1cc(C)c(Br)cc1F. The number of benzene rings is 1. The van der Waals surface area contributed by atoms with Crippen molar-refractivity contribution in [3.8, 4) is 0 Å². The predicted molar refractivity (Wildman–Crippen MR) is 54.9 cm³/mol. The van der Waals surface area contributed by atoms with Crippen LogP contribution in [0, 0.1) is 12.7 Å². The molecule has 0 spiro atoms. The first kappa shape index (κ1) is 11.0. The zero-order valence-corrected chi connectivity index (χ0v) is 9.31. The molecule has 0 aromatic heterocycles. The molecule has 14 heavy (non-hydrogen) atoms. The van der Waals surface area contributed by atoms with Crippen LogP contribution in [-0.2, 0) is 4.74 Å². The molecule has 1 rings (SSSR count). The van der Waals surface area contributed by atoms with Gasteiger partial charge in [-0.1, -0.05) is 15.9 Å². The van der Waals surface area contributed by atoms with Gasteiger partial charge in [0.25, 0.3) is 0 Å². The molecule has 0 fully saturated rings. The Morgan fingerprint density at radius 3 is 2.79 bits per heavy atom. The van der Waals surface area contributed by atoms with Gasteiger partial charge < -0.3 is 4.74 Å². The molecule has 1 aromatic carbocycles. The van der Waals surface area contributed by atoms with Crippen LogP contribution in [0.2, 0.25) is 0 Å². The Morgan fingerprint density at radius 1 is 1.57 bits per heavy atom. The molecule has 1 N–H and O–H groups in total. The second-order valence-electron chi connectivity index (χ2n) is 2.70. The molecule has 0 radical (unpaired) electrons. The van der Waals surface area contributed by atoms with E-state index in [2.05, 4.69) is 26.0 Å². The Kier molecular flexibility index (Phi) is 3.46. The van der Waals surface area contributed by atoms with E-state index in [4.69, 9.17) is 0 Å². The minimum Gasteiger partial charge on any atom is -0.453 e. The van der Waals surface area contributed by atoms with Gasteiger partial charge in [0.1, 0.15) is 5.82 Å². The van der Waals surface area contributed by atoms with Crippen LogP contribution in [0.25, 0.3) is 0 Å². The van der Waals surface area contributed by atoms with E-state index in [1.807, 2.05) is 0 Å². The summed E-state index contributed by atoms with van der Waals surface area (Å²) in [6.45, 7) is 1.80. The number of methoxy groups -OCH3 is 1. The number of amides is 1. The summed E-state index contributed by atoms with van der Waals surface area (Å²) in [6.07, 6.45) is -0.689. The van der Waals surface area contributed by atoms with Crippen molar-refractivity contribution in [1.29, 1.82) is 0 Å². The average Bonchev–Trinajstić information content (AvgIpc) is 2.14. The first-order chi connectivity index (χ1) is 6.54. The number of rotatable bonds is 1. The van der Waals surface area contributed by atoms with Crippen molar-refractivity contribution in [3.63, 3.8) is 0 Å². The van der Waals surface area contributed by atoms with Crippen LogP contribution >= 0.6 is 15.9 Å². The quantitative estimate of drug-likeness (QED) is 0.844. The van der Waals surface area contributed by atoms with Crippen LogP contribution in [0.15, 0.2) is 16.6 Å². The number of nitrogens with one attached hydrogen (secondary N) is 1. The molecule has 76 valence electrons. The molecule has 0 aliphatic carbocycles. The molecule has 1 amide bonds. The Balaban J connectivity index is 2.98. The van der Waals surface area contributed by atoms with Crippen molar-refractivity contribution in [1.82, 2.24) is 0 Å². The molecule has 0 saturated carbocycles. The van der Waals surface area contributed by atoms with Gasteiger partial charge in [0.05, 0.1) is 12.8 Å². The number of halogens is 2. The third-order valence-corrected chi connectivity index (χ3v) is 2.52. The van der Waals surface area contributed by atoms with Crippen LogP contribution in [0.5, 0.6) is 0 Å². The second kappa shape index (κ2) is 4.41. The monoisotopic (exact) mass is 261 g/mol. The summed E-state index contributed by atoms with van der Waals surface area (Å²) in [5.74, 6) is -0.507. The molecule has 0 bridgehead atoms. The molecule has 0 atom stereocenters. The highest BCUT2D eigenvalue weighted by Crippen LogP contribution is 2.23. The lowest BCUT2D eigenvalue weighted by Gasteiger charge is -2.07. The van der Waals surface area contributed by atoms with Crippen LogP contribution < -0.4 is 5.32 Å². The smallest absolute Gasteiger partial charge is 0.411 e. The van der Waals surface area contributed by atoms with E-state index in [0.29, 0.717) is 4.47 Å². The number of hydrogen-bond acceptors (Lipinski definition) is 2. The summed E-state index contributed by atoms with van der Waals surface area (Å²) in [4.78, 5) is 10.8. The maximum atomic E-state index is 13.2. The van der Waals surface area contributed by atoms with Crippen LogP contribution in [-0.4, -0.2) is 13.2 Å². The molecule has 5 heteroatoms. The van der Waals surface area contributed by atoms with Crippen molar-refractivity contribution >= 4 is 27.7 Å². The third kappa shape index (κ3) is 2.45. The lowest BCUT2D eigenvalue weighted by atomic mass is 10.2. The van der Waals surface area contributed by atoms with Gasteiger partial charge in [-0.15, -0.1) is 0 Å². The van der Waals surface area contributed by atoms with E-state index in [0.717, 1.165) is 5.56 Å². The average molecular weight is 262 g/mol. The lowest BCUT2D eigenvalue weighted by molar-refractivity contribution is 0.187. The van der Waals surface area contributed by atoms with Crippen molar-refractivity contribution < 1.29 is 13.9 Å². The molecule has 0 heterocycles. The zero-order valence-electron chi connectivity index (χ0n) is 7.73. The minimum absolute atomic E-state index is 0.109. The van der Waals surface area contributed by atoms with Gasteiger partial charge in [-0.05, 0) is 24.6 Å². The Morgan fingerprint density at radius 2 is 2.21 bits per heavy atom. The summed E-state index contributed by atoms with van der Waals surface area (Å²) in [5, 5.41) is 2.27. The highest BCUT2D eigenvalue weighted by Gasteiger charge is 2.08. The summed E-state index contributed by atoms with van der Waals surface area (Å²) in [7, 11) is 1.22. The zero-order chi connectivity index (χ0) is 10.7. The molecule has 0 saturated heterocycles. The molecular formula is C9H9BrFNO2. The number of hydrogen-bond donors (Lipinski definition) is 1. The highest BCUT2D eigenvalue weighted by molar-refractivity contribution is 9.10. The summed E-state index contributed by atoms with van der Waals surface area (Å²) in [5.41, 5.74) is 0.940. The fraction of sp³-hybridized carbons (Fsp3) is 0.222. The summed E-state index contributed by atoms with van der Waals surface area (Å²) >= 11 is 3.18. The molecule has 0 unspecified atom stereocenters. The standard InChI is InChI=1S/C9H9BrFNO2/c1-5-3-8(12-9(13)14-2)7(11)4-6(5)10/h3-4H,1-2H3,(H,12,13). The third-order valence-electron chi connectivity index (χ3n) is 1.67. The Labute approximate surface area is 89.4 Å². The molecule has 1 aromatic rings. The Hall–Kier alpha value is -1.10. The molecule has 0 aliphatic rings. The highest BCUT2D eigenvalue weighted by atomic mass is 79.9. The number of anilines is 1. The first-order valence-corrected chi connectivity index (χ1v) is 4.64. The van der Waals surface area contributed by atoms with Gasteiger partial charge in [0.2, 0.25) is 0 Å². The number of aryl methyl sites for hydroxylation is 1. The van der Waals surface area contributed by atoms with Gasteiger partial charge in [-0.3, -0.25) is 5.32 Å². The van der Waals surface area contributed by atoms with Gasteiger partial charge in [-0.25, -0.2) is 9.18 Å². The summed E-state index contributed by atoms with van der Waals surface area (Å²) < 4.78 is 18.2. The van der Waals surface area contributed by atoms with Crippen molar-refractivity contribution in [3.05, 3.63) is 28.0 Å². The maximum absolute atomic E-state index is 13.2. The fourth-order valence-corrected chi connectivity index (χ4v) is 1.23. The normalized spacial score (nSPS) is 9.71. The van der Waals surface area contributed by atoms with E-state index in [1.165, 1.54) is 19.2 Å². The fourth-order valence-electron chi connectivity index (χ4n) is 0.914. The Bertz CT molecular complexity index is 368. The van der Waals surface area contributed by atoms with Gasteiger partial charge in [-0.2, -0.15) is 0 Å². The molecule has 0 aliphatic heterocycles. The molecule has 3 nitrogen and oxygen atoms in total.